The molecule has 1 saturated heterocycles. The molecule has 3 nitrogen and oxygen atoms in total. The van der Waals surface area contributed by atoms with Crippen molar-refractivity contribution in [1.82, 2.24) is 5.32 Å². The Kier molecular flexibility index (Phi) is 6.71. The molecule has 1 aromatic carbocycles. The monoisotopic (exact) mass is 311 g/mol. The Morgan fingerprint density at radius 3 is 2.78 bits per heavy atom. The van der Waals surface area contributed by atoms with Crippen LogP contribution >= 0.6 is 35.6 Å². The molecule has 1 aromatic rings. The molecule has 2 atom stereocenters. The molecule has 0 saturated carbocycles. The van der Waals surface area contributed by atoms with E-state index >= 15 is 0 Å². The molecule has 1 fully saturated rings. The van der Waals surface area contributed by atoms with Crippen molar-refractivity contribution in [3.63, 3.8) is 0 Å². The van der Waals surface area contributed by atoms with Gasteiger partial charge in [-0.1, -0.05) is 29.3 Å². The molecule has 6 heteroatoms. The van der Waals surface area contributed by atoms with Crippen LogP contribution in [0.1, 0.15) is 11.7 Å². The van der Waals surface area contributed by atoms with Crippen LogP contribution in [-0.4, -0.2) is 31.4 Å². The molecule has 2 rings (SSSR count). The van der Waals surface area contributed by atoms with Crippen molar-refractivity contribution in [1.29, 1.82) is 0 Å². The molecule has 0 amide bonds. The van der Waals surface area contributed by atoms with E-state index in [4.69, 9.17) is 27.9 Å². The van der Waals surface area contributed by atoms with Gasteiger partial charge in [0.1, 0.15) is 0 Å². The van der Waals surface area contributed by atoms with Crippen molar-refractivity contribution in [3.8, 4) is 0 Å². The lowest BCUT2D eigenvalue weighted by Crippen LogP contribution is -2.27. The van der Waals surface area contributed by atoms with Crippen LogP contribution in [0.5, 0.6) is 0 Å². The first kappa shape index (κ1) is 16.0. The van der Waals surface area contributed by atoms with Gasteiger partial charge >= 0.3 is 0 Å². The normalized spacial score (nSPS) is 24.2. The molecular weight excluding hydrogens is 296 g/mol. The number of benzene rings is 1. The third kappa shape index (κ3) is 3.73. The van der Waals surface area contributed by atoms with E-state index in [1.165, 1.54) is 0 Å². The zero-order chi connectivity index (χ0) is 12.3. The number of hydrogen-bond acceptors (Lipinski definition) is 3. The van der Waals surface area contributed by atoms with Crippen molar-refractivity contribution >= 4 is 35.6 Å². The van der Waals surface area contributed by atoms with Gasteiger partial charge in [-0.3, -0.25) is 0 Å². The highest BCUT2D eigenvalue weighted by Crippen LogP contribution is 2.31. The van der Waals surface area contributed by atoms with Crippen molar-refractivity contribution in [3.05, 3.63) is 33.8 Å². The van der Waals surface area contributed by atoms with E-state index in [1.54, 1.807) is 6.07 Å². The fourth-order valence-electron chi connectivity index (χ4n) is 2.01. The third-order valence-corrected chi connectivity index (χ3v) is 3.66. The molecule has 102 valence electrons. The molecule has 18 heavy (non-hydrogen) atoms. The molecule has 0 aliphatic carbocycles. The Morgan fingerprint density at radius 2 is 2.11 bits per heavy atom. The molecule has 0 spiro atoms. The first-order chi connectivity index (χ1) is 8.22. The molecule has 1 aliphatic heterocycles. The van der Waals surface area contributed by atoms with Gasteiger partial charge < -0.3 is 15.2 Å². The van der Waals surface area contributed by atoms with Crippen molar-refractivity contribution in [2.45, 2.75) is 6.10 Å². The number of halogens is 3. The van der Waals surface area contributed by atoms with Crippen LogP contribution in [0.2, 0.25) is 10.0 Å². The summed E-state index contributed by atoms with van der Waals surface area (Å²) in [6.07, 6.45) is -0.134. The van der Waals surface area contributed by atoms with Crippen molar-refractivity contribution in [2.24, 2.45) is 5.92 Å². The molecule has 0 bridgehead atoms. The summed E-state index contributed by atoms with van der Waals surface area (Å²) in [6, 6.07) is 5.46. The van der Waals surface area contributed by atoms with E-state index in [2.05, 4.69) is 5.32 Å². The van der Waals surface area contributed by atoms with Gasteiger partial charge in [-0.2, -0.15) is 0 Å². The summed E-state index contributed by atoms with van der Waals surface area (Å²) >= 11 is 11.9. The van der Waals surface area contributed by atoms with E-state index < -0.39 is 0 Å². The SMILES string of the molecule is Cl.OC[C@@H]1CNCCO[C@H]1c1ccc(Cl)c(Cl)c1. The predicted molar refractivity (Wildman–Crippen MR) is 75.8 cm³/mol. The highest BCUT2D eigenvalue weighted by atomic mass is 35.5. The molecule has 0 aromatic heterocycles. The second kappa shape index (κ2) is 7.53. The summed E-state index contributed by atoms with van der Waals surface area (Å²) in [5, 5.41) is 13.7. The molecular formula is C12H16Cl3NO2. The van der Waals surface area contributed by atoms with Gasteiger partial charge in [0, 0.05) is 25.6 Å². The third-order valence-electron chi connectivity index (χ3n) is 2.92. The average molecular weight is 313 g/mol. The van der Waals surface area contributed by atoms with E-state index in [9.17, 15) is 5.11 Å². The van der Waals surface area contributed by atoms with E-state index in [0.717, 1.165) is 18.7 Å². The van der Waals surface area contributed by atoms with E-state index in [-0.39, 0.29) is 31.0 Å². The van der Waals surface area contributed by atoms with Crippen LogP contribution in [0.4, 0.5) is 0 Å². The van der Waals surface area contributed by atoms with Crippen LogP contribution in [-0.2, 0) is 4.74 Å². The Balaban J connectivity index is 0.00000162. The smallest absolute Gasteiger partial charge is 0.0888 e. The Bertz CT molecular complexity index is 390. The Morgan fingerprint density at radius 1 is 1.33 bits per heavy atom. The van der Waals surface area contributed by atoms with Gasteiger partial charge in [0.2, 0.25) is 0 Å². The fourth-order valence-corrected chi connectivity index (χ4v) is 2.31. The first-order valence-electron chi connectivity index (χ1n) is 5.60. The zero-order valence-electron chi connectivity index (χ0n) is 9.73. The van der Waals surface area contributed by atoms with Crippen molar-refractivity contribution in [2.75, 3.05) is 26.3 Å². The second-order valence-electron chi connectivity index (χ2n) is 4.11. The maximum atomic E-state index is 9.39. The minimum absolute atomic E-state index is 0. The minimum Gasteiger partial charge on any atom is -0.396 e. The lowest BCUT2D eigenvalue weighted by molar-refractivity contribution is 0.0115. The van der Waals surface area contributed by atoms with Gasteiger partial charge in [-0.15, -0.1) is 12.4 Å². The summed E-state index contributed by atoms with van der Waals surface area (Å²) in [5.74, 6) is 0.0368. The number of rotatable bonds is 2. The van der Waals surface area contributed by atoms with Gasteiger partial charge in [-0.25, -0.2) is 0 Å². The van der Waals surface area contributed by atoms with Gasteiger partial charge in [-0.05, 0) is 17.7 Å². The summed E-state index contributed by atoms with van der Waals surface area (Å²) < 4.78 is 5.76. The Labute approximate surface area is 123 Å². The highest BCUT2D eigenvalue weighted by molar-refractivity contribution is 6.42. The largest absolute Gasteiger partial charge is 0.396 e. The maximum Gasteiger partial charge on any atom is 0.0888 e. The second-order valence-corrected chi connectivity index (χ2v) is 4.93. The Hall–Kier alpha value is -0.0300. The van der Waals surface area contributed by atoms with Crippen molar-refractivity contribution < 1.29 is 9.84 Å². The zero-order valence-corrected chi connectivity index (χ0v) is 12.1. The standard InChI is InChI=1S/C12H15Cl2NO2.ClH/c13-10-2-1-8(5-11(10)14)12-9(7-16)6-15-3-4-17-12;/h1-2,5,9,12,15-16H,3-4,6-7H2;1H/t9-,12-;/m0./s1. The summed E-state index contributed by atoms with van der Waals surface area (Å²) in [7, 11) is 0. The molecule has 0 radical (unpaired) electrons. The van der Waals surface area contributed by atoms with Crippen LogP contribution < -0.4 is 5.32 Å². The summed E-state index contributed by atoms with van der Waals surface area (Å²) in [6.45, 7) is 2.25. The first-order valence-corrected chi connectivity index (χ1v) is 6.36. The summed E-state index contributed by atoms with van der Waals surface area (Å²) in [5.41, 5.74) is 0.960. The lowest BCUT2D eigenvalue weighted by Gasteiger charge is -2.23. The van der Waals surface area contributed by atoms with Gasteiger partial charge in [0.15, 0.2) is 0 Å². The molecule has 2 N–H and O–H groups in total. The topological polar surface area (TPSA) is 41.5 Å². The summed E-state index contributed by atoms with van der Waals surface area (Å²) in [4.78, 5) is 0. The predicted octanol–water partition coefficient (Wildman–Crippen LogP) is 2.68. The van der Waals surface area contributed by atoms with Crippen LogP contribution in [0, 0.1) is 5.92 Å². The highest BCUT2D eigenvalue weighted by Gasteiger charge is 2.25. The van der Waals surface area contributed by atoms with E-state index in [1.807, 2.05) is 12.1 Å². The van der Waals surface area contributed by atoms with Crippen LogP contribution in [0.15, 0.2) is 18.2 Å². The maximum absolute atomic E-state index is 9.39. The number of nitrogens with one attached hydrogen (secondary N) is 1. The molecule has 0 unspecified atom stereocenters. The number of aliphatic hydroxyl groups excluding tert-OH is 1. The van der Waals surface area contributed by atoms with Gasteiger partial charge in [0.25, 0.3) is 0 Å². The molecule has 1 aliphatic rings. The molecule has 1 heterocycles. The number of ether oxygens (including phenoxy) is 1. The fraction of sp³-hybridized carbons (Fsp3) is 0.500. The lowest BCUT2D eigenvalue weighted by atomic mass is 9.96. The quantitative estimate of drug-likeness (QED) is 0.882. The number of hydrogen-bond donors (Lipinski definition) is 2. The minimum atomic E-state index is -0.134. The number of aliphatic hydroxyl groups is 1. The average Bonchev–Trinajstić information content (AvgIpc) is 2.57. The van der Waals surface area contributed by atoms with E-state index in [0.29, 0.717) is 16.7 Å². The van der Waals surface area contributed by atoms with Gasteiger partial charge in [0.05, 0.1) is 22.8 Å². The van der Waals surface area contributed by atoms with Crippen LogP contribution in [0.25, 0.3) is 0 Å². The van der Waals surface area contributed by atoms with Crippen LogP contribution in [0.3, 0.4) is 0 Å².